The normalized spacial score (nSPS) is 21.1. The van der Waals surface area contributed by atoms with Gasteiger partial charge in [-0.1, -0.05) is 18.2 Å². The average molecular weight is 244 g/mol. The van der Waals surface area contributed by atoms with Gasteiger partial charge in [0.25, 0.3) is 0 Å². The lowest BCUT2D eigenvalue weighted by atomic mass is 10.1. The van der Waals surface area contributed by atoms with E-state index in [4.69, 9.17) is 5.73 Å². The Balaban J connectivity index is 1.82. The van der Waals surface area contributed by atoms with Crippen molar-refractivity contribution in [2.75, 3.05) is 18.4 Å². The van der Waals surface area contributed by atoms with Crippen molar-refractivity contribution in [1.82, 2.24) is 5.32 Å². The first kappa shape index (κ1) is 12.6. The molecule has 1 aromatic carbocycles. The molecule has 1 fully saturated rings. The number of rotatable bonds is 4. The van der Waals surface area contributed by atoms with Crippen molar-refractivity contribution in [2.24, 2.45) is 10.7 Å². The summed E-state index contributed by atoms with van der Waals surface area (Å²) in [5, 5.41) is 6.48. The van der Waals surface area contributed by atoms with Crippen molar-refractivity contribution in [3.63, 3.8) is 0 Å². The Kier molecular flexibility index (Phi) is 4.78. The Labute approximate surface area is 108 Å². The maximum atomic E-state index is 5.86. The second-order valence-corrected chi connectivity index (χ2v) is 4.40. The summed E-state index contributed by atoms with van der Waals surface area (Å²) >= 11 is 0. The fourth-order valence-corrected chi connectivity index (χ4v) is 1.96. The highest BCUT2D eigenvalue weighted by atomic mass is 15.0. The van der Waals surface area contributed by atoms with E-state index in [1.54, 1.807) is 0 Å². The Morgan fingerprint density at radius 3 is 2.94 bits per heavy atom. The molecule has 0 aliphatic carbocycles. The van der Waals surface area contributed by atoms with Gasteiger partial charge in [-0.05, 0) is 37.6 Å². The minimum atomic E-state index is 0.320. The van der Waals surface area contributed by atoms with Crippen molar-refractivity contribution in [3.8, 4) is 0 Å². The summed E-state index contributed by atoms with van der Waals surface area (Å²) in [4.78, 5) is 4.47. The van der Waals surface area contributed by atoms with Crippen LogP contribution in [-0.4, -0.2) is 25.0 Å². The number of nitrogens with zero attached hydrogens (tertiary/aromatic N) is 1. The molecule has 1 saturated heterocycles. The van der Waals surface area contributed by atoms with E-state index in [9.17, 15) is 0 Å². The quantitative estimate of drug-likeness (QED) is 0.558. The number of hydrogen-bond acceptors (Lipinski definition) is 3. The fourth-order valence-electron chi connectivity index (χ4n) is 1.96. The molecule has 0 amide bonds. The lowest BCUT2D eigenvalue weighted by molar-refractivity contribution is 0.461. The van der Waals surface area contributed by atoms with Gasteiger partial charge in [0, 0.05) is 18.4 Å². The summed E-state index contributed by atoms with van der Waals surface area (Å²) in [6.07, 6.45) is 5.92. The number of anilines is 1. The molecule has 0 spiro atoms. The number of piperidine rings is 1. The molecule has 0 radical (unpaired) electrons. The van der Waals surface area contributed by atoms with Gasteiger partial charge in [0.15, 0.2) is 0 Å². The van der Waals surface area contributed by atoms with Gasteiger partial charge >= 0.3 is 0 Å². The van der Waals surface area contributed by atoms with Crippen LogP contribution in [0.2, 0.25) is 0 Å². The van der Waals surface area contributed by atoms with Crippen LogP contribution in [0.5, 0.6) is 0 Å². The van der Waals surface area contributed by atoms with Gasteiger partial charge in [0.05, 0.1) is 6.04 Å². The van der Waals surface area contributed by atoms with Crippen molar-refractivity contribution >= 4 is 11.5 Å². The number of aliphatic imine (C=N–C) groups is 1. The van der Waals surface area contributed by atoms with Gasteiger partial charge in [-0.15, -0.1) is 0 Å². The molecular formula is C14H20N4. The predicted octanol–water partition coefficient (Wildman–Crippen LogP) is 1.72. The van der Waals surface area contributed by atoms with E-state index in [1.165, 1.54) is 6.42 Å². The predicted molar refractivity (Wildman–Crippen MR) is 76.7 cm³/mol. The molecule has 0 aromatic heterocycles. The Morgan fingerprint density at radius 1 is 1.39 bits per heavy atom. The summed E-state index contributed by atoms with van der Waals surface area (Å²) < 4.78 is 0. The minimum absolute atomic E-state index is 0.320. The Morgan fingerprint density at radius 2 is 2.22 bits per heavy atom. The molecular weight excluding hydrogens is 224 g/mol. The molecule has 96 valence electrons. The standard InChI is InChI=1S/C14H20N4/c15-14(18-13-7-4-9-16-11-13)8-10-17-12-5-2-1-3-6-12/h1-3,5-6,8,10,13,16-17H,4,7,9,11H2,(H2,15,18)/b10-8-. The summed E-state index contributed by atoms with van der Waals surface area (Å²) in [6, 6.07) is 10.3. The third kappa shape index (κ3) is 4.22. The first-order valence-electron chi connectivity index (χ1n) is 6.37. The zero-order valence-corrected chi connectivity index (χ0v) is 10.5. The molecule has 1 unspecified atom stereocenters. The molecule has 1 aliphatic heterocycles. The van der Waals surface area contributed by atoms with Crippen LogP contribution in [0.1, 0.15) is 12.8 Å². The Hall–Kier alpha value is -1.81. The van der Waals surface area contributed by atoms with E-state index < -0.39 is 0 Å². The van der Waals surface area contributed by atoms with Crippen LogP contribution in [-0.2, 0) is 0 Å². The van der Waals surface area contributed by atoms with Gasteiger partial charge < -0.3 is 16.4 Å². The zero-order chi connectivity index (χ0) is 12.6. The molecule has 4 N–H and O–H groups in total. The van der Waals surface area contributed by atoms with Crippen LogP contribution in [0.3, 0.4) is 0 Å². The summed E-state index contributed by atoms with van der Waals surface area (Å²) in [7, 11) is 0. The zero-order valence-electron chi connectivity index (χ0n) is 10.5. The molecule has 1 atom stereocenters. The van der Waals surface area contributed by atoms with Crippen LogP contribution in [0, 0.1) is 0 Å². The highest BCUT2D eigenvalue weighted by molar-refractivity contribution is 5.91. The summed E-state index contributed by atoms with van der Waals surface area (Å²) in [5.74, 6) is 0.576. The monoisotopic (exact) mass is 244 g/mol. The van der Waals surface area contributed by atoms with Crippen molar-refractivity contribution in [3.05, 3.63) is 42.6 Å². The van der Waals surface area contributed by atoms with E-state index in [1.807, 2.05) is 42.6 Å². The van der Waals surface area contributed by atoms with E-state index in [-0.39, 0.29) is 0 Å². The number of amidine groups is 1. The number of nitrogens with two attached hydrogens (primary N) is 1. The fraction of sp³-hybridized carbons (Fsp3) is 0.357. The number of para-hydroxylation sites is 1. The number of nitrogens with one attached hydrogen (secondary N) is 2. The van der Waals surface area contributed by atoms with E-state index in [0.29, 0.717) is 11.9 Å². The van der Waals surface area contributed by atoms with Gasteiger partial charge in [-0.2, -0.15) is 0 Å². The van der Waals surface area contributed by atoms with Crippen LogP contribution in [0.4, 0.5) is 5.69 Å². The third-order valence-electron chi connectivity index (χ3n) is 2.88. The van der Waals surface area contributed by atoms with Crippen molar-refractivity contribution in [1.29, 1.82) is 0 Å². The first-order chi connectivity index (χ1) is 8.84. The largest absolute Gasteiger partial charge is 0.384 e. The van der Waals surface area contributed by atoms with Gasteiger partial charge in [0.1, 0.15) is 5.84 Å². The molecule has 2 rings (SSSR count). The van der Waals surface area contributed by atoms with E-state index in [2.05, 4.69) is 15.6 Å². The molecule has 1 aromatic rings. The lowest BCUT2D eigenvalue weighted by Gasteiger charge is -2.19. The SMILES string of the molecule is NC(/C=C\Nc1ccccc1)=NC1CCCNC1. The Bertz CT molecular complexity index is 405. The minimum Gasteiger partial charge on any atom is -0.384 e. The maximum Gasteiger partial charge on any atom is 0.119 e. The number of benzene rings is 1. The van der Waals surface area contributed by atoms with Crippen LogP contribution in [0.15, 0.2) is 47.6 Å². The van der Waals surface area contributed by atoms with E-state index >= 15 is 0 Å². The third-order valence-corrected chi connectivity index (χ3v) is 2.88. The molecule has 4 heteroatoms. The first-order valence-corrected chi connectivity index (χ1v) is 6.37. The highest BCUT2D eigenvalue weighted by Gasteiger charge is 2.10. The topological polar surface area (TPSA) is 62.4 Å². The van der Waals surface area contributed by atoms with Gasteiger partial charge in [-0.25, -0.2) is 0 Å². The van der Waals surface area contributed by atoms with Crippen LogP contribution in [0.25, 0.3) is 0 Å². The smallest absolute Gasteiger partial charge is 0.119 e. The second kappa shape index (κ2) is 6.81. The molecule has 0 bridgehead atoms. The molecule has 18 heavy (non-hydrogen) atoms. The average Bonchev–Trinajstić information content (AvgIpc) is 2.41. The molecule has 1 aliphatic rings. The van der Waals surface area contributed by atoms with Gasteiger partial charge in [-0.3, -0.25) is 4.99 Å². The lowest BCUT2D eigenvalue weighted by Crippen LogP contribution is -2.33. The maximum absolute atomic E-state index is 5.86. The summed E-state index contributed by atoms with van der Waals surface area (Å²) in [5.41, 5.74) is 6.91. The van der Waals surface area contributed by atoms with Crippen LogP contribution < -0.4 is 16.4 Å². The van der Waals surface area contributed by atoms with Crippen molar-refractivity contribution < 1.29 is 0 Å². The number of hydrogen-bond donors (Lipinski definition) is 3. The second-order valence-electron chi connectivity index (χ2n) is 4.40. The van der Waals surface area contributed by atoms with E-state index in [0.717, 1.165) is 25.2 Å². The highest BCUT2D eigenvalue weighted by Crippen LogP contribution is 2.06. The molecule has 4 nitrogen and oxygen atoms in total. The van der Waals surface area contributed by atoms with Crippen LogP contribution >= 0.6 is 0 Å². The molecule has 0 saturated carbocycles. The molecule has 1 heterocycles. The summed E-state index contributed by atoms with van der Waals surface area (Å²) in [6.45, 7) is 2.03. The van der Waals surface area contributed by atoms with Crippen molar-refractivity contribution in [2.45, 2.75) is 18.9 Å². The van der Waals surface area contributed by atoms with Gasteiger partial charge in [0.2, 0.25) is 0 Å².